The summed E-state index contributed by atoms with van der Waals surface area (Å²) in [6.07, 6.45) is 0.406. The van der Waals surface area contributed by atoms with E-state index in [-0.39, 0.29) is 11.4 Å². The Bertz CT molecular complexity index is 697. The van der Waals surface area contributed by atoms with Gasteiger partial charge in [0, 0.05) is 17.0 Å². The lowest BCUT2D eigenvalue weighted by Gasteiger charge is -2.21. The van der Waals surface area contributed by atoms with Gasteiger partial charge in [-0.15, -0.1) is 0 Å². The maximum atomic E-state index is 13.7. The SMILES string of the molecule is Cc1cccc(C)c1C(=O)P(=O)(CC(C)C)c1ccccc1. The van der Waals surface area contributed by atoms with Crippen LogP contribution in [0.5, 0.6) is 0 Å². The molecule has 0 aliphatic heterocycles. The number of rotatable bonds is 5. The molecule has 2 aromatic rings. The summed E-state index contributed by atoms with van der Waals surface area (Å²) in [5.74, 6) is 0.194. The molecular formula is C19H23O2P. The van der Waals surface area contributed by atoms with Crippen LogP contribution in [0.2, 0.25) is 0 Å². The fraction of sp³-hybridized carbons (Fsp3) is 0.316. The van der Waals surface area contributed by atoms with Crippen molar-refractivity contribution in [2.24, 2.45) is 5.92 Å². The predicted molar refractivity (Wildman–Crippen MR) is 93.6 cm³/mol. The van der Waals surface area contributed by atoms with Crippen LogP contribution in [-0.2, 0) is 4.57 Å². The van der Waals surface area contributed by atoms with Crippen LogP contribution in [0.25, 0.3) is 0 Å². The number of hydrogen-bond donors (Lipinski definition) is 0. The number of carbonyl (C=O) groups is 1. The average molecular weight is 314 g/mol. The Morgan fingerprint density at radius 3 is 2.00 bits per heavy atom. The second kappa shape index (κ2) is 6.62. The number of aryl methyl sites for hydroxylation is 2. The maximum absolute atomic E-state index is 13.7. The summed E-state index contributed by atoms with van der Waals surface area (Å²) >= 11 is 0. The fourth-order valence-electron chi connectivity index (χ4n) is 2.82. The third-order valence-electron chi connectivity index (χ3n) is 3.82. The molecule has 116 valence electrons. The van der Waals surface area contributed by atoms with Crippen LogP contribution < -0.4 is 5.30 Å². The van der Waals surface area contributed by atoms with Crippen molar-refractivity contribution in [3.05, 3.63) is 65.2 Å². The molecule has 0 N–H and O–H groups in total. The van der Waals surface area contributed by atoms with Gasteiger partial charge in [-0.3, -0.25) is 4.79 Å². The third-order valence-corrected chi connectivity index (χ3v) is 7.08. The molecule has 0 aromatic heterocycles. The summed E-state index contributed by atoms with van der Waals surface area (Å²) in [6.45, 7) is 7.83. The Balaban J connectivity index is 2.60. The minimum Gasteiger partial charge on any atom is -0.310 e. The minimum atomic E-state index is -3.13. The molecule has 0 aliphatic carbocycles. The van der Waals surface area contributed by atoms with Gasteiger partial charge in [-0.25, -0.2) is 0 Å². The van der Waals surface area contributed by atoms with Crippen molar-refractivity contribution in [2.45, 2.75) is 27.7 Å². The van der Waals surface area contributed by atoms with E-state index in [9.17, 15) is 9.36 Å². The van der Waals surface area contributed by atoms with E-state index < -0.39 is 7.14 Å². The van der Waals surface area contributed by atoms with Gasteiger partial charge in [0.05, 0.1) is 0 Å². The van der Waals surface area contributed by atoms with Crippen molar-refractivity contribution in [1.29, 1.82) is 0 Å². The second-order valence-corrected chi connectivity index (χ2v) is 8.99. The Hall–Kier alpha value is -1.66. The fourth-order valence-corrected chi connectivity index (χ4v) is 5.83. The number of hydrogen-bond acceptors (Lipinski definition) is 2. The average Bonchev–Trinajstić information content (AvgIpc) is 2.47. The van der Waals surface area contributed by atoms with Crippen molar-refractivity contribution in [1.82, 2.24) is 0 Å². The minimum absolute atomic E-state index is 0.194. The van der Waals surface area contributed by atoms with E-state index >= 15 is 0 Å². The summed E-state index contributed by atoms with van der Waals surface area (Å²) in [6, 6.07) is 14.9. The van der Waals surface area contributed by atoms with Crippen molar-refractivity contribution in [3.8, 4) is 0 Å². The van der Waals surface area contributed by atoms with Crippen molar-refractivity contribution in [2.75, 3.05) is 6.16 Å². The summed E-state index contributed by atoms with van der Waals surface area (Å²) < 4.78 is 13.7. The second-order valence-electron chi connectivity index (χ2n) is 6.22. The zero-order valence-corrected chi connectivity index (χ0v) is 14.6. The standard InChI is InChI=1S/C19H23O2P/c1-14(2)13-22(21,17-11-6-5-7-12-17)19(20)18-15(3)9-8-10-16(18)4/h5-12,14H,13H2,1-4H3. The maximum Gasteiger partial charge on any atom is 0.226 e. The smallest absolute Gasteiger partial charge is 0.226 e. The zero-order chi connectivity index (χ0) is 16.3. The van der Waals surface area contributed by atoms with Gasteiger partial charge in [-0.2, -0.15) is 0 Å². The summed E-state index contributed by atoms with van der Waals surface area (Å²) in [5, 5.41) is 0.663. The van der Waals surface area contributed by atoms with E-state index in [4.69, 9.17) is 0 Å². The number of carbonyl (C=O) groups excluding carboxylic acids is 1. The molecule has 0 bridgehead atoms. The third kappa shape index (κ3) is 3.23. The quantitative estimate of drug-likeness (QED) is 0.744. The molecule has 0 saturated carbocycles. The molecule has 1 atom stereocenters. The van der Waals surface area contributed by atoms with Gasteiger partial charge in [-0.1, -0.05) is 62.4 Å². The van der Waals surface area contributed by atoms with Crippen LogP contribution in [0.1, 0.15) is 35.3 Å². The van der Waals surface area contributed by atoms with Gasteiger partial charge in [0.15, 0.2) is 7.14 Å². The van der Waals surface area contributed by atoms with Gasteiger partial charge in [0.25, 0.3) is 0 Å². The monoisotopic (exact) mass is 314 g/mol. The highest BCUT2D eigenvalue weighted by atomic mass is 31.2. The lowest BCUT2D eigenvalue weighted by Crippen LogP contribution is -2.19. The van der Waals surface area contributed by atoms with Gasteiger partial charge in [0.2, 0.25) is 5.52 Å². The van der Waals surface area contributed by atoms with Gasteiger partial charge < -0.3 is 4.57 Å². The van der Waals surface area contributed by atoms with Crippen LogP contribution in [-0.4, -0.2) is 11.7 Å². The van der Waals surface area contributed by atoms with Gasteiger partial charge in [-0.05, 0) is 30.9 Å². The van der Waals surface area contributed by atoms with Gasteiger partial charge >= 0.3 is 0 Å². The van der Waals surface area contributed by atoms with Gasteiger partial charge in [0.1, 0.15) is 0 Å². The molecule has 0 radical (unpaired) electrons. The zero-order valence-electron chi connectivity index (χ0n) is 13.7. The van der Waals surface area contributed by atoms with Crippen molar-refractivity contribution >= 4 is 18.0 Å². The summed E-state index contributed by atoms with van der Waals surface area (Å²) in [5.41, 5.74) is 2.20. The van der Waals surface area contributed by atoms with E-state index in [1.807, 2.05) is 76.2 Å². The topological polar surface area (TPSA) is 34.1 Å². The van der Waals surface area contributed by atoms with E-state index in [0.29, 0.717) is 17.0 Å². The molecule has 2 nitrogen and oxygen atoms in total. The number of benzene rings is 2. The van der Waals surface area contributed by atoms with E-state index in [2.05, 4.69) is 0 Å². The highest BCUT2D eigenvalue weighted by Gasteiger charge is 2.36. The molecule has 0 heterocycles. The molecule has 1 unspecified atom stereocenters. The van der Waals surface area contributed by atoms with Crippen molar-refractivity contribution < 1.29 is 9.36 Å². The molecule has 2 aromatic carbocycles. The van der Waals surface area contributed by atoms with Crippen LogP contribution >= 0.6 is 7.14 Å². The molecule has 3 heteroatoms. The normalized spacial score (nSPS) is 13.9. The molecule has 0 aliphatic rings. The molecule has 0 fully saturated rings. The molecule has 22 heavy (non-hydrogen) atoms. The molecule has 0 amide bonds. The highest BCUT2D eigenvalue weighted by molar-refractivity contribution is 7.87. The van der Waals surface area contributed by atoms with E-state index in [0.717, 1.165) is 11.1 Å². The van der Waals surface area contributed by atoms with E-state index in [1.54, 1.807) is 0 Å². The molecular weight excluding hydrogens is 291 g/mol. The molecule has 2 rings (SSSR count). The molecule has 0 spiro atoms. The van der Waals surface area contributed by atoms with Crippen molar-refractivity contribution in [3.63, 3.8) is 0 Å². The highest BCUT2D eigenvalue weighted by Crippen LogP contribution is 2.50. The Kier molecular flexibility index (Phi) is 5.03. The van der Waals surface area contributed by atoms with Crippen LogP contribution in [0.3, 0.4) is 0 Å². The Labute approximate surface area is 132 Å². The van der Waals surface area contributed by atoms with E-state index in [1.165, 1.54) is 0 Å². The Morgan fingerprint density at radius 2 is 1.50 bits per heavy atom. The predicted octanol–water partition coefficient (Wildman–Crippen LogP) is 4.79. The molecule has 0 saturated heterocycles. The van der Waals surface area contributed by atoms with Crippen LogP contribution in [0.15, 0.2) is 48.5 Å². The first-order valence-electron chi connectivity index (χ1n) is 7.62. The first-order chi connectivity index (χ1) is 10.4. The van der Waals surface area contributed by atoms with Crippen LogP contribution in [0.4, 0.5) is 0 Å². The van der Waals surface area contributed by atoms with Crippen LogP contribution in [0, 0.1) is 19.8 Å². The lowest BCUT2D eigenvalue weighted by molar-refractivity contribution is 0.107. The first-order valence-corrected chi connectivity index (χ1v) is 9.51. The Morgan fingerprint density at radius 1 is 0.955 bits per heavy atom. The summed E-state index contributed by atoms with van der Waals surface area (Å²) in [7, 11) is -3.13. The first kappa shape index (κ1) is 16.7. The summed E-state index contributed by atoms with van der Waals surface area (Å²) in [4.78, 5) is 13.2. The largest absolute Gasteiger partial charge is 0.310 e. The lowest BCUT2D eigenvalue weighted by atomic mass is 10.0.